The number of ether oxygens (including phenoxy) is 1. The number of hydrogen-bond donors (Lipinski definition) is 1. The minimum absolute atomic E-state index is 0.238. The van der Waals surface area contributed by atoms with E-state index in [0.29, 0.717) is 6.42 Å². The molecule has 0 radical (unpaired) electrons. The van der Waals surface area contributed by atoms with Gasteiger partial charge in [0.2, 0.25) is 0 Å². The van der Waals surface area contributed by atoms with Crippen LogP contribution in [0, 0.1) is 5.82 Å². The minimum atomic E-state index is -0.596. The third-order valence-electron chi connectivity index (χ3n) is 2.25. The summed E-state index contributed by atoms with van der Waals surface area (Å²) in [4.78, 5) is 0. The summed E-state index contributed by atoms with van der Waals surface area (Å²) in [5.41, 5.74) is 0.779. The highest BCUT2D eigenvalue weighted by molar-refractivity contribution is 5.17. The zero-order valence-electron chi connectivity index (χ0n) is 8.40. The van der Waals surface area contributed by atoms with E-state index in [4.69, 9.17) is 4.74 Å². The van der Waals surface area contributed by atoms with Crippen LogP contribution >= 0.6 is 0 Å². The monoisotopic (exact) mass is 198 g/mol. The number of benzene rings is 1. The Morgan fingerprint density at radius 3 is 2.79 bits per heavy atom. The van der Waals surface area contributed by atoms with Crippen LogP contribution in [0.4, 0.5) is 4.39 Å². The Kier molecular flexibility index (Phi) is 4.04. The molecular formula is C11H15FO2. The first-order chi connectivity index (χ1) is 6.63. The molecule has 3 heteroatoms. The lowest BCUT2D eigenvalue weighted by atomic mass is 10.0. The van der Waals surface area contributed by atoms with Gasteiger partial charge in [-0.2, -0.15) is 0 Å². The highest BCUT2D eigenvalue weighted by Crippen LogP contribution is 2.09. The second-order valence-corrected chi connectivity index (χ2v) is 3.34. The largest absolute Gasteiger partial charge is 0.390 e. The molecule has 0 heterocycles. The smallest absolute Gasteiger partial charge is 0.123 e. The Balaban J connectivity index is 2.60. The van der Waals surface area contributed by atoms with Crippen LogP contribution in [-0.4, -0.2) is 24.4 Å². The summed E-state index contributed by atoms with van der Waals surface area (Å²) in [7, 11) is 1.54. The van der Waals surface area contributed by atoms with Gasteiger partial charge in [-0.3, -0.25) is 0 Å². The van der Waals surface area contributed by atoms with E-state index in [2.05, 4.69) is 0 Å². The summed E-state index contributed by atoms with van der Waals surface area (Å²) in [6.45, 7) is 1.78. The average Bonchev–Trinajstić information content (AvgIpc) is 2.16. The number of aliphatic hydroxyl groups is 1. The van der Waals surface area contributed by atoms with Crippen molar-refractivity contribution in [1.29, 1.82) is 0 Å². The summed E-state index contributed by atoms with van der Waals surface area (Å²) in [6.07, 6.45) is -0.424. The van der Waals surface area contributed by atoms with E-state index in [1.165, 1.54) is 12.1 Å². The quantitative estimate of drug-likeness (QED) is 0.798. The molecule has 1 rings (SSSR count). The van der Waals surface area contributed by atoms with Crippen molar-refractivity contribution in [3.8, 4) is 0 Å². The van der Waals surface area contributed by atoms with Crippen LogP contribution in [-0.2, 0) is 11.2 Å². The number of methoxy groups -OCH3 is 1. The fraction of sp³-hybridized carbons (Fsp3) is 0.455. The fourth-order valence-corrected chi connectivity index (χ4v) is 1.23. The van der Waals surface area contributed by atoms with Crippen molar-refractivity contribution in [3.63, 3.8) is 0 Å². The Hall–Kier alpha value is -0.930. The molecule has 0 saturated carbocycles. The fourth-order valence-electron chi connectivity index (χ4n) is 1.23. The molecular weight excluding hydrogens is 183 g/mol. The van der Waals surface area contributed by atoms with Gasteiger partial charge in [0.15, 0.2) is 0 Å². The van der Waals surface area contributed by atoms with E-state index in [0.717, 1.165) is 5.56 Å². The first-order valence-electron chi connectivity index (χ1n) is 4.58. The molecule has 78 valence electrons. The highest BCUT2D eigenvalue weighted by Gasteiger charge is 2.13. The third kappa shape index (κ3) is 3.09. The standard InChI is InChI=1S/C11H15FO2/c1-8(14-2)11(13)7-9-4-3-5-10(12)6-9/h3-6,8,11,13H,7H2,1-2H3. The number of halogens is 1. The highest BCUT2D eigenvalue weighted by atomic mass is 19.1. The number of rotatable bonds is 4. The van der Waals surface area contributed by atoms with Crippen LogP contribution < -0.4 is 0 Å². The molecule has 0 bridgehead atoms. The summed E-state index contributed by atoms with van der Waals surface area (Å²) in [5, 5.41) is 9.61. The molecule has 2 nitrogen and oxygen atoms in total. The second kappa shape index (κ2) is 5.08. The maximum atomic E-state index is 12.8. The van der Waals surface area contributed by atoms with Gasteiger partial charge in [0.25, 0.3) is 0 Å². The van der Waals surface area contributed by atoms with Crippen LogP contribution in [0.15, 0.2) is 24.3 Å². The SMILES string of the molecule is COC(C)C(O)Cc1cccc(F)c1. The van der Waals surface area contributed by atoms with E-state index >= 15 is 0 Å². The van der Waals surface area contributed by atoms with Gasteiger partial charge in [0.1, 0.15) is 5.82 Å². The van der Waals surface area contributed by atoms with Crippen molar-refractivity contribution in [2.75, 3.05) is 7.11 Å². The van der Waals surface area contributed by atoms with Crippen molar-refractivity contribution >= 4 is 0 Å². The molecule has 0 amide bonds. The molecule has 1 aromatic rings. The molecule has 0 spiro atoms. The van der Waals surface area contributed by atoms with Crippen molar-refractivity contribution in [2.45, 2.75) is 25.6 Å². The molecule has 14 heavy (non-hydrogen) atoms. The van der Waals surface area contributed by atoms with E-state index in [-0.39, 0.29) is 11.9 Å². The van der Waals surface area contributed by atoms with Gasteiger partial charge in [-0.15, -0.1) is 0 Å². The summed E-state index contributed by atoms with van der Waals surface area (Å²) >= 11 is 0. The third-order valence-corrected chi connectivity index (χ3v) is 2.25. The molecule has 2 atom stereocenters. The maximum Gasteiger partial charge on any atom is 0.123 e. The molecule has 0 saturated heterocycles. The number of hydrogen-bond acceptors (Lipinski definition) is 2. The summed E-state index contributed by atoms with van der Waals surface area (Å²) in [5.74, 6) is -0.278. The Bertz CT molecular complexity index is 288. The molecule has 0 aliphatic rings. The lowest BCUT2D eigenvalue weighted by molar-refractivity contribution is 0.000382. The van der Waals surface area contributed by atoms with Crippen LogP contribution in [0.5, 0.6) is 0 Å². The first-order valence-corrected chi connectivity index (χ1v) is 4.58. The van der Waals surface area contributed by atoms with E-state index in [1.807, 2.05) is 0 Å². The predicted octanol–water partition coefficient (Wildman–Crippen LogP) is 1.76. The van der Waals surface area contributed by atoms with Gasteiger partial charge in [-0.25, -0.2) is 4.39 Å². The van der Waals surface area contributed by atoms with E-state index in [9.17, 15) is 9.50 Å². The molecule has 0 aliphatic heterocycles. The van der Waals surface area contributed by atoms with Crippen LogP contribution in [0.2, 0.25) is 0 Å². The zero-order valence-corrected chi connectivity index (χ0v) is 8.40. The molecule has 0 fully saturated rings. The lowest BCUT2D eigenvalue weighted by Gasteiger charge is -2.17. The molecule has 0 aliphatic carbocycles. The van der Waals surface area contributed by atoms with Crippen molar-refractivity contribution < 1.29 is 14.2 Å². The molecule has 1 aromatic carbocycles. The van der Waals surface area contributed by atoms with E-state index in [1.54, 1.807) is 26.2 Å². The summed E-state index contributed by atoms with van der Waals surface area (Å²) < 4.78 is 17.8. The predicted molar refractivity (Wildman–Crippen MR) is 52.6 cm³/mol. The average molecular weight is 198 g/mol. The number of aliphatic hydroxyl groups excluding tert-OH is 1. The minimum Gasteiger partial charge on any atom is -0.390 e. The normalized spacial score (nSPS) is 15.1. The van der Waals surface area contributed by atoms with E-state index < -0.39 is 6.10 Å². The molecule has 0 aromatic heterocycles. The lowest BCUT2D eigenvalue weighted by Crippen LogP contribution is -2.26. The van der Waals surface area contributed by atoms with Gasteiger partial charge in [-0.1, -0.05) is 12.1 Å². The molecule has 2 unspecified atom stereocenters. The maximum absolute atomic E-state index is 12.8. The Morgan fingerprint density at radius 2 is 2.21 bits per heavy atom. The van der Waals surface area contributed by atoms with Gasteiger partial charge in [0, 0.05) is 13.5 Å². The van der Waals surface area contributed by atoms with Gasteiger partial charge in [0.05, 0.1) is 12.2 Å². The van der Waals surface area contributed by atoms with Gasteiger partial charge in [-0.05, 0) is 24.6 Å². The van der Waals surface area contributed by atoms with Crippen molar-refractivity contribution in [2.24, 2.45) is 0 Å². The van der Waals surface area contributed by atoms with Crippen molar-refractivity contribution in [1.82, 2.24) is 0 Å². The second-order valence-electron chi connectivity index (χ2n) is 3.34. The Morgan fingerprint density at radius 1 is 1.50 bits per heavy atom. The summed E-state index contributed by atoms with van der Waals surface area (Å²) in [6, 6.07) is 6.23. The van der Waals surface area contributed by atoms with Gasteiger partial charge >= 0.3 is 0 Å². The van der Waals surface area contributed by atoms with Gasteiger partial charge < -0.3 is 9.84 Å². The van der Waals surface area contributed by atoms with Crippen molar-refractivity contribution in [3.05, 3.63) is 35.6 Å². The first kappa shape index (κ1) is 11.1. The van der Waals surface area contributed by atoms with Crippen LogP contribution in [0.1, 0.15) is 12.5 Å². The zero-order chi connectivity index (χ0) is 10.6. The molecule has 1 N–H and O–H groups in total. The van der Waals surface area contributed by atoms with Crippen LogP contribution in [0.25, 0.3) is 0 Å². The van der Waals surface area contributed by atoms with Crippen LogP contribution in [0.3, 0.4) is 0 Å². The Labute approximate surface area is 83.3 Å². The topological polar surface area (TPSA) is 29.5 Å².